The topological polar surface area (TPSA) is 93.2 Å². The summed E-state index contributed by atoms with van der Waals surface area (Å²) < 4.78 is 69.8. The van der Waals surface area contributed by atoms with E-state index in [1.54, 1.807) is 0 Å². The number of hydrogen-bond donors (Lipinski definition) is 2. The standard InChI is InChI=1S/C15H15F3N4O3S/c1-25-13-12(15(16,17)18)8-19-14(21-13)20-9-4-6-11(7-5-9)26(23,24)22-10-2-3-10/h4-8,10,22H,2-3H2,1H3,(H,19,20,21). The van der Waals surface area contributed by atoms with E-state index in [1.165, 1.54) is 24.3 Å². The van der Waals surface area contributed by atoms with E-state index in [0.29, 0.717) is 11.9 Å². The molecule has 0 spiro atoms. The second kappa shape index (κ2) is 6.72. The molecule has 0 radical (unpaired) electrons. The molecule has 1 aliphatic carbocycles. The van der Waals surface area contributed by atoms with Gasteiger partial charge < -0.3 is 10.1 Å². The van der Waals surface area contributed by atoms with Gasteiger partial charge in [0.05, 0.1) is 12.0 Å². The lowest BCUT2D eigenvalue weighted by Gasteiger charge is -2.12. The number of rotatable bonds is 6. The summed E-state index contributed by atoms with van der Waals surface area (Å²) in [4.78, 5) is 7.39. The number of benzene rings is 1. The average molecular weight is 388 g/mol. The van der Waals surface area contributed by atoms with Crippen LogP contribution in [0.4, 0.5) is 24.8 Å². The molecule has 1 aromatic carbocycles. The molecular formula is C15H15F3N4O3S. The van der Waals surface area contributed by atoms with Crippen LogP contribution in [0.1, 0.15) is 18.4 Å². The Morgan fingerprint density at radius 1 is 1.19 bits per heavy atom. The summed E-state index contributed by atoms with van der Waals surface area (Å²) >= 11 is 0. The van der Waals surface area contributed by atoms with Crippen LogP contribution in [-0.2, 0) is 16.2 Å². The largest absolute Gasteiger partial charge is 0.480 e. The highest BCUT2D eigenvalue weighted by atomic mass is 32.2. The van der Waals surface area contributed by atoms with Gasteiger partial charge in [-0.15, -0.1) is 0 Å². The van der Waals surface area contributed by atoms with Crippen molar-refractivity contribution in [2.75, 3.05) is 12.4 Å². The number of ether oxygens (including phenoxy) is 1. The highest BCUT2D eigenvalue weighted by Gasteiger charge is 2.36. The van der Waals surface area contributed by atoms with Gasteiger partial charge in [0.2, 0.25) is 21.9 Å². The fourth-order valence-corrected chi connectivity index (χ4v) is 3.42. The van der Waals surface area contributed by atoms with Gasteiger partial charge in [-0.25, -0.2) is 18.1 Å². The first kappa shape index (κ1) is 18.4. The molecule has 1 heterocycles. The van der Waals surface area contributed by atoms with Crippen molar-refractivity contribution in [3.63, 3.8) is 0 Å². The summed E-state index contributed by atoms with van der Waals surface area (Å²) in [5.74, 6) is -0.718. The van der Waals surface area contributed by atoms with Crippen molar-refractivity contribution in [2.45, 2.75) is 30.0 Å². The van der Waals surface area contributed by atoms with Gasteiger partial charge in [0.25, 0.3) is 0 Å². The van der Waals surface area contributed by atoms with Gasteiger partial charge in [0.15, 0.2) is 0 Å². The molecule has 7 nitrogen and oxygen atoms in total. The zero-order valence-corrected chi connectivity index (χ0v) is 14.4. The molecule has 1 saturated carbocycles. The molecule has 11 heteroatoms. The number of methoxy groups -OCH3 is 1. The number of anilines is 2. The van der Waals surface area contributed by atoms with E-state index in [-0.39, 0.29) is 16.9 Å². The van der Waals surface area contributed by atoms with Gasteiger partial charge in [-0.1, -0.05) is 0 Å². The first-order valence-electron chi connectivity index (χ1n) is 7.57. The number of alkyl halides is 3. The molecule has 3 rings (SSSR count). The second-order valence-corrected chi connectivity index (χ2v) is 7.37. The average Bonchev–Trinajstić information content (AvgIpc) is 3.37. The van der Waals surface area contributed by atoms with E-state index < -0.39 is 27.6 Å². The van der Waals surface area contributed by atoms with Crippen molar-refractivity contribution in [2.24, 2.45) is 0 Å². The van der Waals surface area contributed by atoms with Crippen molar-refractivity contribution >= 4 is 21.7 Å². The Hall–Kier alpha value is -2.40. The number of nitrogens with one attached hydrogen (secondary N) is 2. The Labute approximate surface area is 147 Å². The molecule has 0 atom stereocenters. The van der Waals surface area contributed by atoms with Crippen molar-refractivity contribution < 1.29 is 26.3 Å². The summed E-state index contributed by atoms with van der Waals surface area (Å²) in [6, 6.07) is 5.69. The molecule has 0 amide bonds. The van der Waals surface area contributed by atoms with Gasteiger partial charge in [-0.2, -0.15) is 18.2 Å². The highest BCUT2D eigenvalue weighted by molar-refractivity contribution is 7.89. The minimum atomic E-state index is -4.63. The third-order valence-corrected chi connectivity index (χ3v) is 5.11. The van der Waals surface area contributed by atoms with Crippen LogP contribution < -0.4 is 14.8 Å². The molecule has 0 aliphatic heterocycles. The first-order chi connectivity index (χ1) is 12.2. The minimum Gasteiger partial charge on any atom is -0.480 e. The third-order valence-electron chi connectivity index (χ3n) is 3.57. The van der Waals surface area contributed by atoms with Gasteiger partial charge in [0.1, 0.15) is 5.56 Å². The zero-order chi connectivity index (χ0) is 18.9. The van der Waals surface area contributed by atoms with E-state index in [4.69, 9.17) is 0 Å². The lowest BCUT2D eigenvalue weighted by atomic mass is 10.3. The summed E-state index contributed by atoms with van der Waals surface area (Å²) in [6.45, 7) is 0. The summed E-state index contributed by atoms with van der Waals surface area (Å²) in [5, 5.41) is 2.70. The lowest BCUT2D eigenvalue weighted by Crippen LogP contribution is -2.25. The smallest absolute Gasteiger partial charge is 0.423 e. The van der Waals surface area contributed by atoms with Crippen LogP contribution in [0.15, 0.2) is 35.4 Å². The van der Waals surface area contributed by atoms with Crippen LogP contribution in [0.25, 0.3) is 0 Å². The number of halogens is 3. The molecule has 0 unspecified atom stereocenters. The summed E-state index contributed by atoms with van der Waals surface area (Å²) in [5.41, 5.74) is -0.671. The molecule has 1 aromatic heterocycles. The number of aromatic nitrogens is 2. The molecular weight excluding hydrogens is 373 g/mol. The Balaban J connectivity index is 1.77. The van der Waals surface area contributed by atoms with Crippen molar-refractivity contribution in [1.82, 2.24) is 14.7 Å². The van der Waals surface area contributed by atoms with Crippen LogP contribution in [0.5, 0.6) is 5.88 Å². The molecule has 0 bridgehead atoms. The quantitative estimate of drug-likeness (QED) is 0.790. The van der Waals surface area contributed by atoms with Crippen molar-refractivity contribution in [3.05, 3.63) is 36.0 Å². The maximum absolute atomic E-state index is 12.8. The number of sulfonamides is 1. The summed E-state index contributed by atoms with van der Waals surface area (Å²) in [6.07, 6.45) is -2.36. The fraction of sp³-hybridized carbons (Fsp3) is 0.333. The normalized spacial score (nSPS) is 14.9. The second-order valence-electron chi connectivity index (χ2n) is 5.66. The number of hydrogen-bond acceptors (Lipinski definition) is 6. The highest BCUT2D eigenvalue weighted by Crippen LogP contribution is 2.35. The molecule has 26 heavy (non-hydrogen) atoms. The lowest BCUT2D eigenvalue weighted by molar-refractivity contribution is -0.139. The van der Waals surface area contributed by atoms with Crippen LogP contribution in [-0.4, -0.2) is 31.5 Å². The Morgan fingerprint density at radius 2 is 1.85 bits per heavy atom. The van der Waals surface area contributed by atoms with Crippen LogP contribution in [0, 0.1) is 0 Å². The predicted molar refractivity (Wildman–Crippen MR) is 86.7 cm³/mol. The first-order valence-corrected chi connectivity index (χ1v) is 9.05. The zero-order valence-electron chi connectivity index (χ0n) is 13.5. The van der Waals surface area contributed by atoms with E-state index in [2.05, 4.69) is 24.7 Å². The third kappa shape index (κ3) is 4.22. The SMILES string of the molecule is COc1nc(Nc2ccc(S(=O)(=O)NC3CC3)cc2)ncc1C(F)(F)F. The molecule has 2 N–H and O–H groups in total. The predicted octanol–water partition coefficient (Wildman–Crippen LogP) is 2.69. The van der Waals surface area contributed by atoms with Crippen LogP contribution >= 0.6 is 0 Å². The van der Waals surface area contributed by atoms with E-state index >= 15 is 0 Å². The van der Waals surface area contributed by atoms with Crippen LogP contribution in [0.2, 0.25) is 0 Å². The van der Waals surface area contributed by atoms with E-state index in [9.17, 15) is 21.6 Å². The Bertz CT molecular complexity index is 897. The van der Waals surface area contributed by atoms with Gasteiger partial charge in [-0.3, -0.25) is 0 Å². The van der Waals surface area contributed by atoms with Gasteiger partial charge in [0, 0.05) is 17.9 Å². The molecule has 1 fully saturated rings. The van der Waals surface area contributed by atoms with E-state index in [1.807, 2.05) is 0 Å². The molecule has 1 aliphatic rings. The molecule has 0 saturated heterocycles. The van der Waals surface area contributed by atoms with E-state index in [0.717, 1.165) is 20.0 Å². The summed E-state index contributed by atoms with van der Waals surface area (Å²) in [7, 11) is -2.50. The maximum Gasteiger partial charge on any atom is 0.423 e. The number of nitrogens with zero attached hydrogens (tertiary/aromatic N) is 2. The minimum absolute atomic E-state index is 0.00851. The fourth-order valence-electron chi connectivity index (χ4n) is 2.11. The van der Waals surface area contributed by atoms with Crippen LogP contribution in [0.3, 0.4) is 0 Å². The van der Waals surface area contributed by atoms with Crippen molar-refractivity contribution in [1.29, 1.82) is 0 Å². The maximum atomic E-state index is 12.8. The monoisotopic (exact) mass is 388 g/mol. The van der Waals surface area contributed by atoms with Gasteiger partial charge >= 0.3 is 6.18 Å². The molecule has 2 aromatic rings. The van der Waals surface area contributed by atoms with Gasteiger partial charge in [-0.05, 0) is 37.1 Å². The Morgan fingerprint density at radius 3 is 2.38 bits per heavy atom. The Kier molecular flexibility index (Phi) is 4.76. The van der Waals surface area contributed by atoms with Crippen molar-refractivity contribution in [3.8, 4) is 5.88 Å². The molecule has 140 valence electrons.